The summed E-state index contributed by atoms with van der Waals surface area (Å²) < 4.78 is 10.4. The zero-order chi connectivity index (χ0) is 18.1. The highest BCUT2D eigenvalue weighted by atomic mass is 35.5. The lowest BCUT2D eigenvalue weighted by atomic mass is 10.2. The Morgan fingerprint density at radius 1 is 0.920 bits per heavy atom. The summed E-state index contributed by atoms with van der Waals surface area (Å²) in [5.41, 5.74) is 0.526. The fourth-order valence-electron chi connectivity index (χ4n) is 1.95. The van der Waals surface area contributed by atoms with Crippen molar-refractivity contribution < 1.29 is 19.1 Å². The summed E-state index contributed by atoms with van der Waals surface area (Å²) >= 11 is 5.77. The summed E-state index contributed by atoms with van der Waals surface area (Å²) in [5.74, 6) is 0.764. The molecule has 0 heterocycles. The van der Waals surface area contributed by atoms with Crippen LogP contribution in [0.4, 0.5) is 0 Å². The van der Waals surface area contributed by atoms with Crippen molar-refractivity contribution in [2.45, 2.75) is 0 Å². The third kappa shape index (κ3) is 6.35. The highest BCUT2D eigenvalue weighted by Gasteiger charge is 2.06. The first kappa shape index (κ1) is 18.6. The van der Waals surface area contributed by atoms with Crippen LogP contribution in [0.3, 0.4) is 0 Å². The van der Waals surface area contributed by atoms with Gasteiger partial charge in [0, 0.05) is 23.7 Å². The monoisotopic (exact) mass is 362 g/mol. The first-order valence-electron chi connectivity index (χ1n) is 7.66. The fraction of sp³-hybridized carbons (Fsp3) is 0.222. The number of carbonyl (C=O) groups excluding carboxylic acids is 2. The van der Waals surface area contributed by atoms with Crippen LogP contribution in [0.15, 0.2) is 48.5 Å². The predicted octanol–water partition coefficient (Wildman–Crippen LogP) is 2.27. The Labute approximate surface area is 151 Å². The average Bonchev–Trinajstić information content (AvgIpc) is 2.64. The molecule has 0 aliphatic heterocycles. The van der Waals surface area contributed by atoms with Gasteiger partial charge in [-0.25, -0.2) is 0 Å². The molecule has 2 amide bonds. The number of hydrogen-bond donors (Lipinski definition) is 2. The average molecular weight is 363 g/mol. The zero-order valence-electron chi connectivity index (χ0n) is 13.8. The molecule has 0 spiro atoms. The van der Waals surface area contributed by atoms with Gasteiger partial charge in [-0.1, -0.05) is 11.6 Å². The lowest BCUT2D eigenvalue weighted by molar-refractivity contribution is -0.123. The normalized spacial score (nSPS) is 10.0. The van der Waals surface area contributed by atoms with Crippen LogP contribution in [0, 0.1) is 0 Å². The Balaban J connectivity index is 1.63. The van der Waals surface area contributed by atoms with Gasteiger partial charge < -0.3 is 20.1 Å². The highest BCUT2D eigenvalue weighted by molar-refractivity contribution is 6.30. The number of methoxy groups -OCH3 is 1. The molecule has 0 aliphatic carbocycles. The second kappa shape index (κ2) is 9.54. The minimum Gasteiger partial charge on any atom is -0.497 e. The molecule has 7 heteroatoms. The van der Waals surface area contributed by atoms with Gasteiger partial charge >= 0.3 is 0 Å². The van der Waals surface area contributed by atoms with Crippen LogP contribution in [0.5, 0.6) is 11.5 Å². The minimum atomic E-state index is -0.270. The topological polar surface area (TPSA) is 76.7 Å². The van der Waals surface area contributed by atoms with Gasteiger partial charge in [-0.2, -0.15) is 0 Å². The largest absolute Gasteiger partial charge is 0.497 e. The number of ether oxygens (including phenoxy) is 2. The fourth-order valence-corrected chi connectivity index (χ4v) is 2.08. The van der Waals surface area contributed by atoms with Gasteiger partial charge in [0.2, 0.25) is 0 Å². The van der Waals surface area contributed by atoms with Crippen LogP contribution < -0.4 is 20.1 Å². The first-order chi connectivity index (χ1) is 12.1. The third-order valence-corrected chi connectivity index (χ3v) is 3.52. The summed E-state index contributed by atoms with van der Waals surface area (Å²) in [5, 5.41) is 5.99. The van der Waals surface area contributed by atoms with E-state index >= 15 is 0 Å². The smallest absolute Gasteiger partial charge is 0.258 e. The van der Waals surface area contributed by atoms with Crippen molar-refractivity contribution in [3.8, 4) is 11.5 Å². The predicted molar refractivity (Wildman–Crippen MR) is 95.3 cm³/mol. The van der Waals surface area contributed by atoms with E-state index in [4.69, 9.17) is 21.1 Å². The summed E-state index contributed by atoms with van der Waals surface area (Å²) in [4.78, 5) is 23.6. The Kier molecular flexibility index (Phi) is 7.10. The number of halogens is 1. The molecule has 0 saturated heterocycles. The molecule has 0 aromatic heterocycles. The first-order valence-corrected chi connectivity index (χ1v) is 8.03. The highest BCUT2D eigenvalue weighted by Crippen LogP contribution is 2.15. The van der Waals surface area contributed by atoms with Gasteiger partial charge in [0.25, 0.3) is 11.8 Å². The Hall–Kier alpha value is -2.73. The van der Waals surface area contributed by atoms with E-state index in [1.165, 1.54) is 0 Å². The van der Waals surface area contributed by atoms with Gasteiger partial charge in [0.05, 0.1) is 7.11 Å². The quantitative estimate of drug-likeness (QED) is 0.706. The number of benzene rings is 2. The molecule has 0 fully saturated rings. The molecule has 2 N–H and O–H groups in total. The van der Waals surface area contributed by atoms with E-state index in [2.05, 4.69) is 10.6 Å². The molecular formula is C18H19ClN2O4. The van der Waals surface area contributed by atoms with E-state index in [9.17, 15) is 9.59 Å². The molecule has 0 radical (unpaired) electrons. The van der Waals surface area contributed by atoms with Crippen molar-refractivity contribution in [2.75, 3.05) is 26.8 Å². The molecule has 2 aromatic rings. The second-order valence-corrected chi connectivity index (χ2v) is 5.51. The molecule has 6 nitrogen and oxygen atoms in total. The van der Waals surface area contributed by atoms with Crippen LogP contribution >= 0.6 is 11.6 Å². The summed E-state index contributed by atoms with van der Waals surface area (Å²) in [6.45, 7) is 0.524. The Morgan fingerprint density at radius 2 is 1.52 bits per heavy atom. The molecule has 0 atom stereocenters. The molecule has 2 aromatic carbocycles. The van der Waals surface area contributed by atoms with Gasteiger partial charge in [-0.15, -0.1) is 0 Å². The maximum Gasteiger partial charge on any atom is 0.258 e. The van der Waals surface area contributed by atoms with Crippen LogP contribution in [0.25, 0.3) is 0 Å². The van der Waals surface area contributed by atoms with Crippen molar-refractivity contribution in [3.63, 3.8) is 0 Å². The number of carbonyl (C=O) groups is 2. The molecule has 0 saturated carbocycles. The van der Waals surface area contributed by atoms with E-state index < -0.39 is 0 Å². The van der Waals surface area contributed by atoms with Crippen LogP contribution in [0.2, 0.25) is 5.02 Å². The van der Waals surface area contributed by atoms with E-state index in [0.717, 1.165) is 0 Å². The third-order valence-electron chi connectivity index (χ3n) is 3.27. The maximum absolute atomic E-state index is 11.9. The Bertz CT molecular complexity index is 702. The van der Waals surface area contributed by atoms with Crippen LogP contribution in [-0.4, -0.2) is 38.6 Å². The summed E-state index contributed by atoms with van der Waals surface area (Å²) in [7, 11) is 1.56. The van der Waals surface area contributed by atoms with Crippen LogP contribution in [0.1, 0.15) is 10.4 Å². The van der Waals surface area contributed by atoms with Crippen molar-refractivity contribution in [1.82, 2.24) is 10.6 Å². The van der Waals surface area contributed by atoms with Gasteiger partial charge in [0.15, 0.2) is 6.61 Å². The maximum atomic E-state index is 11.9. The van der Waals surface area contributed by atoms with Crippen molar-refractivity contribution in [2.24, 2.45) is 0 Å². The molecule has 0 bridgehead atoms. The zero-order valence-corrected chi connectivity index (χ0v) is 14.5. The SMILES string of the molecule is COc1ccc(C(=O)NCCNC(=O)COc2ccc(Cl)cc2)cc1. The standard InChI is InChI=1S/C18H19ClN2O4/c1-24-15-6-2-13(3-7-15)18(23)21-11-10-20-17(22)12-25-16-8-4-14(19)5-9-16/h2-9H,10-12H2,1H3,(H,20,22)(H,21,23). The second-order valence-electron chi connectivity index (χ2n) is 5.08. The van der Waals surface area contributed by atoms with Crippen molar-refractivity contribution in [3.05, 3.63) is 59.1 Å². The van der Waals surface area contributed by atoms with Crippen molar-refractivity contribution >= 4 is 23.4 Å². The lowest BCUT2D eigenvalue weighted by Gasteiger charge is -2.09. The number of nitrogens with one attached hydrogen (secondary N) is 2. The summed E-state index contributed by atoms with van der Waals surface area (Å²) in [6.07, 6.45) is 0. The number of amides is 2. The van der Waals surface area contributed by atoms with Gasteiger partial charge in [-0.05, 0) is 48.5 Å². The van der Waals surface area contributed by atoms with E-state index in [-0.39, 0.29) is 18.4 Å². The molecule has 132 valence electrons. The lowest BCUT2D eigenvalue weighted by Crippen LogP contribution is -2.36. The summed E-state index contributed by atoms with van der Waals surface area (Å²) in [6, 6.07) is 13.5. The van der Waals surface area contributed by atoms with Crippen LogP contribution in [-0.2, 0) is 4.79 Å². The van der Waals surface area contributed by atoms with Gasteiger partial charge in [-0.3, -0.25) is 9.59 Å². The number of hydrogen-bond acceptors (Lipinski definition) is 4. The van der Waals surface area contributed by atoms with E-state index in [0.29, 0.717) is 35.2 Å². The molecule has 25 heavy (non-hydrogen) atoms. The number of rotatable bonds is 8. The molecule has 0 aliphatic rings. The molecular weight excluding hydrogens is 344 g/mol. The minimum absolute atomic E-state index is 0.103. The Morgan fingerprint density at radius 3 is 2.16 bits per heavy atom. The van der Waals surface area contributed by atoms with E-state index in [1.54, 1.807) is 55.6 Å². The van der Waals surface area contributed by atoms with Gasteiger partial charge in [0.1, 0.15) is 11.5 Å². The van der Waals surface area contributed by atoms with E-state index in [1.807, 2.05) is 0 Å². The molecule has 2 rings (SSSR count). The van der Waals surface area contributed by atoms with Crippen molar-refractivity contribution in [1.29, 1.82) is 0 Å². The molecule has 0 unspecified atom stereocenters.